The Bertz CT molecular complexity index is 476. The highest BCUT2D eigenvalue weighted by Gasteiger charge is 2.16. The molecule has 1 unspecified atom stereocenters. The molecule has 0 aliphatic carbocycles. The molecule has 0 saturated heterocycles. The number of anilines is 1. The van der Waals surface area contributed by atoms with E-state index in [0.29, 0.717) is 18.7 Å². The summed E-state index contributed by atoms with van der Waals surface area (Å²) in [7, 11) is 0. The van der Waals surface area contributed by atoms with Gasteiger partial charge in [0.05, 0.1) is 4.92 Å². The number of hydrogen-bond donors (Lipinski definition) is 3. The Balaban J connectivity index is 2.88. The molecular formula is C12H17N3O4. The average Bonchev–Trinajstić information content (AvgIpc) is 2.36. The van der Waals surface area contributed by atoms with Crippen LogP contribution in [0.4, 0.5) is 11.4 Å². The molecule has 0 spiro atoms. The number of aliphatic hydroxyl groups is 1. The number of carbonyl (C=O) groups excluding carboxylic acids is 1. The minimum Gasteiger partial charge on any atom is -0.396 e. The zero-order valence-corrected chi connectivity index (χ0v) is 10.6. The first-order valence-corrected chi connectivity index (χ1v) is 5.88. The van der Waals surface area contributed by atoms with E-state index < -0.39 is 10.8 Å². The molecule has 1 atom stereocenters. The van der Waals surface area contributed by atoms with Gasteiger partial charge in [0, 0.05) is 24.8 Å². The molecule has 1 rings (SSSR count). The molecule has 0 aromatic heterocycles. The molecule has 0 aliphatic heterocycles. The summed E-state index contributed by atoms with van der Waals surface area (Å²) in [5.74, 6) is -0.524. The first-order chi connectivity index (χ1) is 8.95. The van der Waals surface area contributed by atoms with Gasteiger partial charge in [0.1, 0.15) is 5.69 Å². The predicted molar refractivity (Wildman–Crippen MR) is 71.0 cm³/mol. The smallest absolute Gasteiger partial charge is 0.293 e. The quantitative estimate of drug-likeness (QED) is 0.505. The Hall–Kier alpha value is -2.15. The van der Waals surface area contributed by atoms with Crippen LogP contribution in [0.5, 0.6) is 0 Å². The Morgan fingerprint density at radius 3 is 2.79 bits per heavy atom. The van der Waals surface area contributed by atoms with Crippen LogP contribution >= 0.6 is 0 Å². The van der Waals surface area contributed by atoms with Crippen LogP contribution in [0.1, 0.15) is 23.7 Å². The van der Waals surface area contributed by atoms with E-state index in [0.717, 1.165) is 6.07 Å². The third kappa shape index (κ3) is 4.22. The van der Waals surface area contributed by atoms with Crippen molar-refractivity contribution >= 4 is 17.3 Å². The Morgan fingerprint density at radius 1 is 1.58 bits per heavy atom. The molecule has 19 heavy (non-hydrogen) atoms. The minimum absolute atomic E-state index is 0.0750. The summed E-state index contributed by atoms with van der Waals surface area (Å²) in [6, 6.07) is 4.06. The molecule has 7 heteroatoms. The minimum atomic E-state index is -0.705. The number of aliphatic hydroxyl groups excluding tert-OH is 1. The summed E-state index contributed by atoms with van der Waals surface area (Å²) in [4.78, 5) is 21.4. The number of amides is 1. The van der Waals surface area contributed by atoms with E-state index in [2.05, 4.69) is 5.32 Å². The molecule has 7 nitrogen and oxygen atoms in total. The lowest BCUT2D eigenvalue weighted by Gasteiger charge is -2.12. The van der Waals surface area contributed by atoms with Crippen LogP contribution in [0.3, 0.4) is 0 Å². The second kappa shape index (κ2) is 6.69. The fourth-order valence-corrected chi connectivity index (χ4v) is 1.59. The summed E-state index contributed by atoms with van der Waals surface area (Å²) >= 11 is 0. The maximum absolute atomic E-state index is 11.0. The van der Waals surface area contributed by atoms with Crippen LogP contribution in [0.25, 0.3) is 0 Å². The summed E-state index contributed by atoms with van der Waals surface area (Å²) in [6.45, 7) is 2.50. The lowest BCUT2D eigenvalue weighted by atomic mass is 10.1. The lowest BCUT2D eigenvalue weighted by Crippen LogP contribution is -2.15. The van der Waals surface area contributed by atoms with Crippen molar-refractivity contribution in [2.45, 2.75) is 13.3 Å². The Morgan fingerprint density at radius 2 is 2.26 bits per heavy atom. The van der Waals surface area contributed by atoms with Crippen molar-refractivity contribution in [2.75, 3.05) is 18.5 Å². The number of nitro benzene ring substituents is 1. The Kier molecular flexibility index (Phi) is 5.25. The first kappa shape index (κ1) is 14.9. The number of rotatable bonds is 7. The molecule has 1 aromatic carbocycles. The van der Waals surface area contributed by atoms with Gasteiger partial charge in [0.15, 0.2) is 0 Å². The molecule has 0 radical (unpaired) electrons. The molecule has 0 fully saturated rings. The van der Waals surface area contributed by atoms with Crippen LogP contribution in [0.15, 0.2) is 18.2 Å². The molecule has 0 heterocycles. The second-order valence-corrected chi connectivity index (χ2v) is 4.35. The Labute approximate surface area is 110 Å². The number of nitrogens with two attached hydrogens (primary N) is 1. The SMILES string of the molecule is CC(CCO)CNc1ccc(C(N)=O)cc1[N+](=O)[O-]. The molecule has 4 N–H and O–H groups in total. The first-order valence-electron chi connectivity index (χ1n) is 5.88. The van der Waals surface area contributed by atoms with Gasteiger partial charge in [0.2, 0.25) is 5.91 Å². The van der Waals surface area contributed by atoms with Gasteiger partial charge in [-0.2, -0.15) is 0 Å². The van der Waals surface area contributed by atoms with Crippen molar-refractivity contribution in [3.05, 3.63) is 33.9 Å². The number of hydrogen-bond acceptors (Lipinski definition) is 5. The van der Waals surface area contributed by atoms with E-state index in [1.54, 1.807) is 0 Å². The highest BCUT2D eigenvalue weighted by Crippen LogP contribution is 2.25. The van der Waals surface area contributed by atoms with Crippen LogP contribution in [0.2, 0.25) is 0 Å². The van der Waals surface area contributed by atoms with Gasteiger partial charge in [-0.05, 0) is 24.5 Å². The number of nitro groups is 1. The summed E-state index contributed by atoms with van der Waals surface area (Å²) in [6.07, 6.45) is 0.611. The van der Waals surface area contributed by atoms with Crippen molar-refractivity contribution in [3.63, 3.8) is 0 Å². The second-order valence-electron chi connectivity index (χ2n) is 4.35. The number of primary amides is 1. The monoisotopic (exact) mass is 267 g/mol. The van der Waals surface area contributed by atoms with Crippen LogP contribution < -0.4 is 11.1 Å². The molecule has 0 saturated carbocycles. The molecule has 1 aromatic rings. The van der Waals surface area contributed by atoms with Gasteiger partial charge in [-0.25, -0.2) is 0 Å². The van der Waals surface area contributed by atoms with Gasteiger partial charge in [0.25, 0.3) is 5.69 Å². The number of carbonyl (C=O) groups is 1. The van der Waals surface area contributed by atoms with E-state index in [1.165, 1.54) is 12.1 Å². The molecule has 104 valence electrons. The number of nitrogens with zero attached hydrogens (tertiary/aromatic N) is 1. The predicted octanol–water partition coefficient (Wildman–Crippen LogP) is 1.12. The number of benzene rings is 1. The summed E-state index contributed by atoms with van der Waals surface area (Å²) in [5, 5.41) is 22.7. The van der Waals surface area contributed by atoms with Crippen molar-refractivity contribution in [2.24, 2.45) is 11.7 Å². The van der Waals surface area contributed by atoms with Gasteiger partial charge >= 0.3 is 0 Å². The standard InChI is InChI=1S/C12H17N3O4/c1-8(4-5-16)7-14-10-3-2-9(12(13)17)6-11(10)15(18)19/h2-3,6,8,14,16H,4-5,7H2,1H3,(H2,13,17). The van der Waals surface area contributed by atoms with Crippen LogP contribution in [-0.2, 0) is 0 Å². The topological polar surface area (TPSA) is 118 Å². The normalized spacial score (nSPS) is 11.9. The third-order valence-corrected chi connectivity index (χ3v) is 2.74. The van der Waals surface area contributed by atoms with E-state index in [1.807, 2.05) is 6.92 Å². The fraction of sp³-hybridized carbons (Fsp3) is 0.417. The number of nitrogens with one attached hydrogen (secondary N) is 1. The maximum Gasteiger partial charge on any atom is 0.293 e. The van der Waals surface area contributed by atoms with Crippen molar-refractivity contribution in [1.82, 2.24) is 0 Å². The highest BCUT2D eigenvalue weighted by atomic mass is 16.6. The van der Waals surface area contributed by atoms with Crippen LogP contribution in [0, 0.1) is 16.0 Å². The third-order valence-electron chi connectivity index (χ3n) is 2.74. The van der Waals surface area contributed by atoms with Crippen molar-refractivity contribution in [3.8, 4) is 0 Å². The highest BCUT2D eigenvalue weighted by molar-refractivity contribution is 5.94. The molecule has 0 aliphatic rings. The van der Waals surface area contributed by atoms with Crippen molar-refractivity contribution in [1.29, 1.82) is 0 Å². The van der Waals surface area contributed by atoms with Gasteiger partial charge in [-0.1, -0.05) is 6.92 Å². The summed E-state index contributed by atoms with van der Waals surface area (Å²) < 4.78 is 0. The lowest BCUT2D eigenvalue weighted by molar-refractivity contribution is -0.384. The molecule has 0 bridgehead atoms. The maximum atomic E-state index is 11.0. The molecular weight excluding hydrogens is 250 g/mol. The fourth-order valence-electron chi connectivity index (χ4n) is 1.59. The van der Waals surface area contributed by atoms with E-state index >= 15 is 0 Å². The van der Waals surface area contributed by atoms with Gasteiger partial charge < -0.3 is 16.2 Å². The van der Waals surface area contributed by atoms with Gasteiger partial charge in [-0.3, -0.25) is 14.9 Å². The van der Waals surface area contributed by atoms with E-state index in [9.17, 15) is 14.9 Å². The van der Waals surface area contributed by atoms with Crippen molar-refractivity contribution < 1.29 is 14.8 Å². The van der Waals surface area contributed by atoms with Gasteiger partial charge in [-0.15, -0.1) is 0 Å². The molecule has 1 amide bonds. The largest absolute Gasteiger partial charge is 0.396 e. The van der Waals surface area contributed by atoms with E-state index in [4.69, 9.17) is 10.8 Å². The zero-order valence-electron chi connectivity index (χ0n) is 10.6. The zero-order chi connectivity index (χ0) is 14.4. The van der Waals surface area contributed by atoms with E-state index in [-0.39, 0.29) is 23.8 Å². The average molecular weight is 267 g/mol. The summed E-state index contributed by atoms with van der Waals surface area (Å²) in [5.41, 5.74) is 5.33. The van der Waals surface area contributed by atoms with Crippen LogP contribution in [-0.4, -0.2) is 29.1 Å².